The summed E-state index contributed by atoms with van der Waals surface area (Å²) in [6.07, 6.45) is 8.33. The van der Waals surface area contributed by atoms with Gasteiger partial charge in [0.05, 0.1) is 18.7 Å². The lowest BCUT2D eigenvalue weighted by atomic mass is 9.64. The Bertz CT molecular complexity index is 1100. The van der Waals surface area contributed by atoms with E-state index in [1.165, 1.54) is 37.7 Å². The highest BCUT2D eigenvalue weighted by Crippen LogP contribution is 2.50. The second-order valence-electron chi connectivity index (χ2n) is 11.8. The van der Waals surface area contributed by atoms with Gasteiger partial charge in [-0.1, -0.05) is 55.7 Å². The van der Waals surface area contributed by atoms with Crippen LogP contribution >= 0.6 is 0 Å². The Morgan fingerprint density at radius 1 is 1.08 bits per heavy atom. The van der Waals surface area contributed by atoms with Crippen molar-refractivity contribution in [2.45, 2.75) is 81.3 Å². The number of aromatic nitrogens is 1. The van der Waals surface area contributed by atoms with Crippen molar-refractivity contribution in [2.24, 2.45) is 11.8 Å². The van der Waals surface area contributed by atoms with E-state index in [0.29, 0.717) is 49.3 Å². The Balaban J connectivity index is 1.31. The van der Waals surface area contributed by atoms with Crippen LogP contribution in [0.3, 0.4) is 0 Å². The number of benzene rings is 1. The Morgan fingerprint density at radius 3 is 2.68 bits per heavy atom. The van der Waals surface area contributed by atoms with Crippen molar-refractivity contribution in [2.75, 3.05) is 26.7 Å². The predicted molar refractivity (Wildman–Crippen MR) is 142 cm³/mol. The Morgan fingerprint density at radius 2 is 1.89 bits per heavy atom. The molecule has 6 rings (SSSR count). The fourth-order valence-electron chi connectivity index (χ4n) is 7.98. The lowest BCUT2D eigenvalue weighted by Gasteiger charge is -2.48. The van der Waals surface area contributed by atoms with E-state index < -0.39 is 11.6 Å². The molecule has 2 aliphatic heterocycles. The summed E-state index contributed by atoms with van der Waals surface area (Å²) in [5.74, 6) is 1.61. The molecule has 1 N–H and O–H groups in total. The van der Waals surface area contributed by atoms with Crippen molar-refractivity contribution in [3.63, 3.8) is 0 Å². The van der Waals surface area contributed by atoms with Crippen LogP contribution in [0.5, 0.6) is 5.88 Å². The number of likely N-dealkylation sites (tertiary alicyclic amines) is 1. The van der Waals surface area contributed by atoms with Gasteiger partial charge in [-0.05, 0) is 61.5 Å². The summed E-state index contributed by atoms with van der Waals surface area (Å²) in [5, 5.41) is 3.54. The number of carbonyl (C=O) groups excluding carboxylic acids is 1. The number of rotatable bonds is 4. The summed E-state index contributed by atoms with van der Waals surface area (Å²) < 4.78 is 20.4. The van der Waals surface area contributed by atoms with Crippen LogP contribution in [0.25, 0.3) is 0 Å². The number of nitrogens with one attached hydrogen (secondary N) is 1. The number of piperidine rings is 1. The Labute approximate surface area is 220 Å². The molecule has 2 saturated heterocycles. The van der Waals surface area contributed by atoms with Gasteiger partial charge in [-0.25, -0.2) is 9.37 Å². The number of hydrogen-bond donors (Lipinski definition) is 1. The molecule has 1 saturated carbocycles. The van der Waals surface area contributed by atoms with Gasteiger partial charge in [0, 0.05) is 37.2 Å². The van der Waals surface area contributed by atoms with Gasteiger partial charge in [0.25, 0.3) is 0 Å². The molecule has 4 aliphatic rings. The molecule has 0 radical (unpaired) electrons. The maximum absolute atomic E-state index is 15.1. The normalized spacial score (nSPS) is 32.3. The van der Waals surface area contributed by atoms with Gasteiger partial charge in [-0.3, -0.25) is 4.79 Å². The van der Waals surface area contributed by atoms with E-state index >= 15 is 4.39 Å². The van der Waals surface area contributed by atoms with E-state index in [1.54, 1.807) is 7.11 Å². The number of carbonyl (C=O) groups is 1. The summed E-state index contributed by atoms with van der Waals surface area (Å²) >= 11 is 0. The maximum Gasteiger partial charge on any atom is 0.228 e. The van der Waals surface area contributed by atoms with E-state index in [2.05, 4.69) is 45.5 Å². The van der Waals surface area contributed by atoms with Crippen molar-refractivity contribution in [3.8, 4) is 5.88 Å². The quantitative estimate of drug-likeness (QED) is 0.579. The smallest absolute Gasteiger partial charge is 0.228 e. The number of pyridine rings is 1. The molecular weight excluding hydrogens is 465 g/mol. The first kappa shape index (κ1) is 24.8. The summed E-state index contributed by atoms with van der Waals surface area (Å²) in [6.45, 7) is 2.16. The van der Waals surface area contributed by atoms with Crippen LogP contribution < -0.4 is 10.1 Å². The highest BCUT2D eigenvalue weighted by atomic mass is 19.1. The van der Waals surface area contributed by atoms with Crippen LogP contribution in [-0.4, -0.2) is 48.6 Å². The van der Waals surface area contributed by atoms with Crippen molar-refractivity contribution in [1.82, 2.24) is 15.2 Å². The molecule has 1 aromatic heterocycles. The minimum absolute atomic E-state index is 0.187. The summed E-state index contributed by atoms with van der Waals surface area (Å²) in [5.41, 5.74) is 2.38. The van der Waals surface area contributed by atoms with Crippen molar-refractivity contribution in [1.29, 1.82) is 0 Å². The largest absolute Gasteiger partial charge is 0.481 e. The average Bonchev–Trinajstić information content (AvgIpc) is 3.39. The van der Waals surface area contributed by atoms with E-state index in [9.17, 15) is 4.79 Å². The second-order valence-corrected chi connectivity index (χ2v) is 11.8. The number of hydrogen-bond acceptors (Lipinski definition) is 4. The van der Waals surface area contributed by atoms with Crippen LogP contribution in [0.1, 0.15) is 86.7 Å². The fourth-order valence-corrected chi connectivity index (χ4v) is 7.98. The molecule has 6 heteroatoms. The number of ether oxygens (including phenoxy) is 1. The minimum Gasteiger partial charge on any atom is -0.481 e. The first-order valence-corrected chi connectivity index (χ1v) is 14.4. The average molecular weight is 506 g/mol. The molecule has 0 bridgehead atoms. The van der Waals surface area contributed by atoms with Gasteiger partial charge in [-0.15, -0.1) is 0 Å². The monoisotopic (exact) mass is 505 g/mol. The lowest BCUT2D eigenvalue weighted by molar-refractivity contribution is -0.143. The number of fused-ring (bicyclic) bond motifs is 2. The predicted octanol–water partition coefficient (Wildman–Crippen LogP) is 5.71. The first-order chi connectivity index (χ1) is 18.1. The third kappa shape index (κ3) is 4.45. The lowest BCUT2D eigenvalue weighted by Crippen LogP contribution is -2.55. The molecule has 2 unspecified atom stereocenters. The van der Waals surface area contributed by atoms with E-state index in [0.717, 1.165) is 24.9 Å². The minimum atomic E-state index is -1.11. The molecule has 198 valence electrons. The Kier molecular flexibility index (Phi) is 6.95. The van der Waals surface area contributed by atoms with Crippen LogP contribution in [0, 0.1) is 11.8 Å². The molecular formula is C31H40FN3O2. The number of halogens is 1. The molecule has 5 atom stereocenters. The topological polar surface area (TPSA) is 54.5 Å². The van der Waals surface area contributed by atoms with Crippen molar-refractivity contribution < 1.29 is 13.9 Å². The number of methoxy groups -OCH3 is 1. The molecule has 2 aromatic rings. The zero-order valence-electron chi connectivity index (χ0n) is 22.0. The van der Waals surface area contributed by atoms with Crippen molar-refractivity contribution in [3.05, 3.63) is 59.3 Å². The van der Waals surface area contributed by atoms with Gasteiger partial charge in [-0.2, -0.15) is 0 Å². The molecule has 1 aromatic carbocycles. The number of amides is 1. The highest BCUT2D eigenvalue weighted by Gasteiger charge is 2.54. The molecule has 1 amide bonds. The number of nitrogens with zero attached hydrogens (tertiary/aromatic N) is 2. The zero-order chi connectivity index (χ0) is 25.4. The molecule has 5 nitrogen and oxygen atoms in total. The van der Waals surface area contributed by atoms with Crippen LogP contribution in [0.4, 0.5) is 4.39 Å². The van der Waals surface area contributed by atoms with Gasteiger partial charge in [0.2, 0.25) is 11.8 Å². The molecule has 2 aliphatic carbocycles. The molecule has 37 heavy (non-hydrogen) atoms. The zero-order valence-corrected chi connectivity index (χ0v) is 22.0. The molecule has 1 spiro atoms. The molecule has 3 fully saturated rings. The van der Waals surface area contributed by atoms with E-state index in [1.807, 2.05) is 12.1 Å². The van der Waals surface area contributed by atoms with Gasteiger partial charge in [0.15, 0.2) is 0 Å². The fraction of sp³-hybridized carbons (Fsp3) is 0.613. The van der Waals surface area contributed by atoms with Crippen LogP contribution in [0.15, 0.2) is 42.5 Å². The summed E-state index contributed by atoms with van der Waals surface area (Å²) in [7, 11) is 1.56. The number of alkyl halides is 1. The first-order valence-electron chi connectivity index (χ1n) is 14.4. The summed E-state index contributed by atoms with van der Waals surface area (Å²) in [6, 6.07) is 15.0. The standard InChI is InChI=1S/C31H40FN3O2/c1-37-28-13-12-24-29(34-28)26(32)14-16-31(24)20-33-19-25(31)30(36)35-17-15-23(21-8-4-2-5-9-21)18-27(35)22-10-6-3-7-11-22/h2,4-5,8-9,12-13,22-23,25-27,33H,3,6-7,10-11,14-20H2,1H3/t23-,25?,26?,27+,31+/m1/s1. The van der Waals surface area contributed by atoms with Gasteiger partial charge >= 0.3 is 0 Å². The Hall–Kier alpha value is -2.47. The second kappa shape index (κ2) is 10.4. The third-order valence-corrected chi connectivity index (χ3v) is 9.93. The van der Waals surface area contributed by atoms with Crippen molar-refractivity contribution >= 4 is 5.91 Å². The van der Waals surface area contributed by atoms with Crippen LogP contribution in [-0.2, 0) is 10.2 Å². The van der Waals surface area contributed by atoms with Gasteiger partial charge < -0.3 is 15.0 Å². The van der Waals surface area contributed by atoms with Gasteiger partial charge in [0.1, 0.15) is 6.17 Å². The highest BCUT2D eigenvalue weighted by molar-refractivity contribution is 5.82. The van der Waals surface area contributed by atoms with Crippen LogP contribution in [0.2, 0.25) is 0 Å². The van der Waals surface area contributed by atoms with E-state index in [-0.39, 0.29) is 17.9 Å². The maximum atomic E-state index is 15.1. The molecule has 3 heterocycles. The van der Waals surface area contributed by atoms with E-state index in [4.69, 9.17) is 4.74 Å². The third-order valence-electron chi connectivity index (χ3n) is 9.93. The SMILES string of the molecule is COc1ccc2c(n1)C(F)CC[C@]21CNCC1C(=O)N1CC[C@@H](c2ccccc2)C[C@H]1C1CCCCC1. The summed E-state index contributed by atoms with van der Waals surface area (Å²) in [4.78, 5) is 21.3.